The number of fused-ring (bicyclic) bond motifs is 2. The first-order valence-electron chi connectivity index (χ1n) is 17.7. The quantitative estimate of drug-likeness (QED) is 0.187. The SMILES string of the molecule is CC(C)(C)OC(=O)N1CCN(C(=O)OCc2ccccc2)C[C@@H]1CN(CCCCN1C(=O)c2ccccc2C1=O)[C@H]1CCCc2cccnc21. The molecule has 11 heteroatoms. The maximum absolute atomic E-state index is 13.6. The van der Waals surface area contributed by atoms with Crippen molar-refractivity contribution in [2.75, 3.05) is 39.3 Å². The molecule has 3 aliphatic rings. The highest BCUT2D eigenvalue weighted by Crippen LogP contribution is 2.34. The fraction of sp³-hybridized carbons (Fsp3) is 0.462. The van der Waals surface area contributed by atoms with Crippen molar-refractivity contribution in [3.8, 4) is 0 Å². The number of pyridine rings is 1. The first-order valence-corrected chi connectivity index (χ1v) is 17.7. The molecule has 1 aliphatic carbocycles. The van der Waals surface area contributed by atoms with Crippen molar-refractivity contribution in [1.82, 2.24) is 24.6 Å². The number of amides is 4. The van der Waals surface area contributed by atoms with E-state index < -0.39 is 17.8 Å². The molecule has 1 aromatic heterocycles. The molecule has 0 saturated carbocycles. The van der Waals surface area contributed by atoms with Crippen molar-refractivity contribution in [1.29, 1.82) is 0 Å². The third kappa shape index (κ3) is 8.16. The molecule has 50 heavy (non-hydrogen) atoms. The lowest BCUT2D eigenvalue weighted by atomic mass is 9.90. The van der Waals surface area contributed by atoms with Crippen LogP contribution < -0.4 is 0 Å². The van der Waals surface area contributed by atoms with E-state index in [9.17, 15) is 19.2 Å². The fourth-order valence-electron chi connectivity index (χ4n) is 7.16. The third-order valence-electron chi connectivity index (χ3n) is 9.58. The molecule has 4 amide bonds. The molecule has 1 saturated heterocycles. The van der Waals surface area contributed by atoms with Crippen LogP contribution in [0.4, 0.5) is 9.59 Å². The normalized spacial score (nSPS) is 19.0. The largest absolute Gasteiger partial charge is 0.445 e. The molecule has 264 valence electrons. The van der Waals surface area contributed by atoms with Gasteiger partial charge in [0.05, 0.1) is 28.9 Å². The van der Waals surface area contributed by atoms with Crippen LogP contribution in [0.15, 0.2) is 72.9 Å². The van der Waals surface area contributed by atoms with E-state index in [1.807, 2.05) is 63.4 Å². The van der Waals surface area contributed by atoms with E-state index in [2.05, 4.69) is 11.0 Å². The highest BCUT2D eigenvalue weighted by molar-refractivity contribution is 6.21. The highest BCUT2D eigenvalue weighted by atomic mass is 16.6. The van der Waals surface area contributed by atoms with Gasteiger partial charge in [0.2, 0.25) is 0 Å². The number of carbonyl (C=O) groups is 4. The number of imide groups is 1. The topological polar surface area (TPSA) is 113 Å². The van der Waals surface area contributed by atoms with Gasteiger partial charge in [0.25, 0.3) is 11.8 Å². The second kappa shape index (κ2) is 15.4. The monoisotopic (exact) mass is 681 g/mol. The average molecular weight is 682 g/mol. The van der Waals surface area contributed by atoms with E-state index in [-0.39, 0.29) is 30.5 Å². The maximum Gasteiger partial charge on any atom is 0.410 e. The lowest BCUT2D eigenvalue weighted by Gasteiger charge is -2.44. The van der Waals surface area contributed by atoms with Crippen molar-refractivity contribution in [2.45, 2.75) is 77.2 Å². The number of hydrogen-bond acceptors (Lipinski definition) is 8. The Morgan fingerprint density at radius 2 is 1.62 bits per heavy atom. The summed E-state index contributed by atoms with van der Waals surface area (Å²) in [6, 6.07) is 20.3. The molecule has 0 radical (unpaired) electrons. The van der Waals surface area contributed by atoms with Crippen molar-refractivity contribution in [3.63, 3.8) is 0 Å². The summed E-state index contributed by atoms with van der Waals surface area (Å²) < 4.78 is 11.5. The summed E-state index contributed by atoms with van der Waals surface area (Å²) in [5, 5.41) is 0. The molecule has 2 atom stereocenters. The molecule has 11 nitrogen and oxygen atoms in total. The Morgan fingerprint density at radius 3 is 2.34 bits per heavy atom. The van der Waals surface area contributed by atoms with Crippen LogP contribution in [0.5, 0.6) is 0 Å². The summed E-state index contributed by atoms with van der Waals surface area (Å²) in [7, 11) is 0. The maximum atomic E-state index is 13.6. The predicted molar refractivity (Wildman–Crippen MR) is 187 cm³/mol. The highest BCUT2D eigenvalue weighted by Gasteiger charge is 2.39. The molecular formula is C39H47N5O6. The Labute approximate surface area is 294 Å². The first kappa shape index (κ1) is 35.1. The standard InChI is InChI=1S/C39H47N5O6/c1-39(2,3)50-38(48)43-24-23-42(37(47)49-27-28-13-5-4-6-14-28)26-30(43)25-41(33-19-11-15-29-16-12-20-40-34(29)33)21-9-10-22-44-35(45)31-17-7-8-18-32(31)36(44)46/h4-8,12-14,16-18,20,30,33H,9-11,15,19,21-27H2,1-3H3/t30-,33-/m0/s1. The number of hydrogen-bond donors (Lipinski definition) is 0. The molecule has 3 heterocycles. The van der Waals surface area contributed by atoms with Crippen molar-refractivity contribution >= 4 is 24.0 Å². The van der Waals surface area contributed by atoms with Crippen LogP contribution in [0.2, 0.25) is 0 Å². The van der Waals surface area contributed by atoms with Gasteiger partial charge in [0.1, 0.15) is 12.2 Å². The van der Waals surface area contributed by atoms with E-state index in [1.54, 1.807) is 34.1 Å². The Morgan fingerprint density at radius 1 is 0.900 bits per heavy atom. The molecular weight excluding hydrogens is 634 g/mol. The van der Waals surface area contributed by atoms with Gasteiger partial charge in [0, 0.05) is 38.9 Å². The molecule has 0 spiro atoms. The van der Waals surface area contributed by atoms with E-state index in [0.29, 0.717) is 63.2 Å². The van der Waals surface area contributed by atoms with E-state index in [4.69, 9.17) is 14.5 Å². The number of unbranched alkanes of at least 4 members (excludes halogenated alkanes) is 1. The zero-order valence-electron chi connectivity index (χ0n) is 29.3. The number of carbonyl (C=O) groups excluding carboxylic acids is 4. The Kier molecular flexibility index (Phi) is 10.8. The van der Waals surface area contributed by atoms with Gasteiger partial charge in [-0.15, -0.1) is 0 Å². The van der Waals surface area contributed by atoms with Crippen LogP contribution >= 0.6 is 0 Å². The zero-order valence-corrected chi connectivity index (χ0v) is 29.3. The molecule has 1 fully saturated rings. The van der Waals surface area contributed by atoms with Crippen LogP contribution in [0.1, 0.15) is 90.0 Å². The smallest absolute Gasteiger partial charge is 0.410 e. The van der Waals surface area contributed by atoms with Gasteiger partial charge >= 0.3 is 12.2 Å². The van der Waals surface area contributed by atoms with Gasteiger partial charge in [-0.05, 0) is 88.7 Å². The van der Waals surface area contributed by atoms with Gasteiger partial charge in [-0.2, -0.15) is 0 Å². The average Bonchev–Trinajstić information content (AvgIpc) is 3.36. The van der Waals surface area contributed by atoms with E-state index in [0.717, 1.165) is 30.5 Å². The van der Waals surface area contributed by atoms with Gasteiger partial charge in [0.15, 0.2) is 0 Å². The summed E-state index contributed by atoms with van der Waals surface area (Å²) in [5.74, 6) is -0.496. The minimum absolute atomic E-state index is 0.0140. The third-order valence-corrected chi connectivity index (χ3v) is 9.58. The van der Waals surface area contributed by atoms with E-state index in [1.165, 1.54) is 10.5 Å². The number of nitrogens with zero attached hydrogens (tertiary/aromatic N) is 5. The Balaban J connectivity index is 1.19. The molecule has 2 aromatic carbocycles. The number of aryl methyl sites for hydroxylation is 1. The molecule has 0 N–H and O–H groups in total. The van der Waals surface area contributed by atoms with Crippen LogP contribution in [-0.4, -0.2) is 99.5 Å². The Bertz CT molecular complexity index is 1660. The fourth-order valence-corrected chi connectivity index (χ4v) is 7.16. The predicted octanol–water partition coefficient (Wildman–Crippen LogP) is 6.10. The number of piperazine rings is 1. The molecule has 3 aromatic rings. The minimum atomic E-state index is -0.677. The van der Waals surface area contributed by atoms with Crippen molar-refractivity contribution in [3.05, 3.63) is 101 Å². The first-order chi connectivity index (χ1) is 24.1. The number of ether oxygens (including phenoxy) is 2. The van der Waals surface area contributed by atoms with Gasteiger partial charge < -0.3 is 19.3 Å². The number of benzene rings is 2. The minimum Gasteiger partial charge on any atom is -0.445 e. The van der Waals surface area contributed by atoms with Crippen molar-refractivity contribution in [2.24, 2.45) is 0 Å². The number of aromatic nitrogens is 1. The summed E-state index contributed by atoms with van der Waals surface area (Å²) in [6.45, 7) is 8.11. The van der Waals surface area contributed by atoms with Crippen LogP contribution in [0.3, 0.4) is 0 Å². The molecule has 0 bridgehead atoms. The molecule has 2 aliphatic heterocycles. The van der Waals surface area contributed by atoms with Gasteiger partial charge in [-0.3, -0.25) is 24.4 Å². The van der Waals surface area contributed by atoms with Gasteiger partial charge in [-0.1, -0.05) is 48.5 Å². The van der Waals surface area contributed by atoms with Crippen LogP contribution in [-0.2, 0) is 22.5 Å². The van der Waals surface area contributed by atoms with E-state index >= 15 is 0 Å². The number of rotatable bonds is 10. The molecule has 6 rings (SSSR count). The Hall–Kier alpha value is -4.77. The van der Waals surface area contributed by atoms with Crippen molar-refractivity contribution < 1.29 is 28.7 Å². The van der Waals surface area contributed by atoms with Gasteiger partial charge in [-0.25, -0.2) is 9.59 Å². The zero-order chi connectivity index (χ0) is 35.3. The second-order valence-electron chi connectivity index (χ2n) is 14.3. The van der Waals surface area contributed by atoms with Crippen LogP contribution in [0, 0.1) is 0 Å². The van der Waals surface area contributed by atoms with Crippen LogP contribution in [0.25, 0.3) is 0 Å². The lowest BCUT2D eigenvalue weighted by molar-refractivity contribution is -0.0124. The summed E-state index contributed by atoms with van der Waals surface area (Å²) in [5.41, 5.74) is 3.39. The summed E-state index contributed by atoms with van der Waals surface area (Å²) >= 11 is 0. The summed E-state index contributed by atoms with van der Waals surface area (Å²) in [6.07, 6.45) is 5.22. The lowest BCUT2D eigenvalue weighted by Crippen LogP contribution is -2.60. The molecule has 0 unspecified atom stereocenters. The summed E-state index contributed by atoms with van der Waals surface area (Å²) in [4.78, 5) is 64.9. The second-order valence-corrected chi connectivity index (χ2v) is 14.3.